The molecule has 2 rings (SSSR count). The smallest absolute Gasteiger partial charge is 0.310 e. The summed E-state index contributed by atoms with van der Waals surface area (Å²) in [5.74, 6) is -0.541. The second kappa shape index (κ2) is 5.01. The lowest BCUT2D eigenvalue weighted by molar-refractivity contribution is -0.138. The van der Waals surface area contributed by atoms with E-state index >= 15 is 0 Å². The van der Waals surface area contributed by atoms with Gasteiger partial charge < -0.3 is 10.0 Å². The molecule has 0 radical (unpaired) electrons. The van der Waals surface area contributed by atoms with E-state index in [2.05, 4.69) is 24.8 Å². The number of carboxylic acid groups (broad SMARTS) is 1. The average molecular weight is 247 g/mol. The van der Waals surface area contributed by atoms with Gasteiger partial charge in [-0.05, 0) is 36.5 Å². The number of hydrogen-bond donors (Lipinski definition) is 1. The molecular weight excluding hydrogens is 226 g/mol. The largest absolute Gasteiger partial charge is 0.481 e. The fourth-order valence-corrected chi connectivity index (χ4v) is 2.70. The first-order valence-corrected chi connectivity index (χ1v) is 6.60. The Morgan fingerprint density at radius 1 is 1.39 bits per heavy atom. The van der Waals surface area contributed by atoms with Crippen molar-refractivity contribution in [3.05, 3.63) is 29.3 Å². The van der Waals surface area contributed by atoms with Gasteiger partial charge in [-0.1, -0.05) is 26.0 Å². The van der Waals surface area contributed by atoms with Crippen LogP contribution in [0.5, 0.6) is 0 Å². The van der Waals surface area contributed by atoms with Crippen LogP contribution < -0.4 is 4.90 Å². The minimum Gasteiger partial charge on any atom is -0.481 e. The topological polar surface area (TPSA) is 40.5 Å². The molecule has 98 valence electrons. The van der Waals surface area contributed by atoms with Crippen LogP contribution in [0.15, 0.2) is 18.2 Å². The maximum Gasteiger partial charge on any atom is 0.310 e. The normalized spacial score (nSPS) is 15.9. The van der Waals surface area contributed by atoms with Gasteiger partial charge in [-0.3, -0.25) is 4.79 Å². The van der Waals surface area contributed by atoms with Gasteiger partial charge in [0.2, 0.25) is 0 Å². The molecule has 0 spiro atoms. The van der Waals surface area contributed by atoms with Gasteiger partial charge in [0.05, 0.1) is 5.92 Å². The summed E-state index contributed by atoms with van der Waals surface area (Å²) in [6, 6.07) is 6.05. The Morgan fingerprint density at radius 2 is 2.11 bits per heavy atom. The van der Waals surface area contributed by atoms with E-state index in [-0.39, 0.29) is 0 Å². The van der Waals surface area contributed by atoms with Gasteiger partial charge in [0.25, 0.3) is 0 Å². The van der Waals surface area contributed by atoms with Gasteiger partial charge in [-0.15, -0.1) is 0 Å². The van der Waals surface area contributed by atoms with E-state index in [1.54, 1.807) is 6.92 Å². The minimum atomic E-state index is -0.745. The van der Waals surface area contributed by atoms with E-state index in [1.165, 1.54) is 11.3 Å². The molecule has 3 heteroatoms. The molecule has 0 saturated carbocycles. The molecule has 0 aromatic heterocycles. The summed E-state index contributed by atoms with van der Waals surface area (Å²) in [5, 5.41) is 9.16. The SMILES string of the molecule is CC(C)CN1CCc2c(C(C)C(=O)O)cccc21. The zero-order valence-corrected chi connectivity index (χ0v) is 11.3. The van der Waals surface area contributed by atoms with Gasteiger partial charge in [0.1, 0.15) is 0 Å². The van der Waals surface area contributed by atoms with E-state index in [4.69, 9.17) is 5.11 Å². The highest BCUT2D eigenvalue weighted by Gasteiger charge is 2.25. The van der Waals surface area contributed by atoms with Crippen molar-refractivity contribution in [1.29, 1.82) is 0 Å². The molecule has 0 fully saturated rings. The highest BCUT2D eigenvalue weighted by atomic mass is 16.4. The third kappa shape index (κ3) is 2.35. The number of nitrogens with zero attached hydrogens (tertiary/aromatic N) is 1. The summed E-state index contributed by atoms with van der Waals surface area (Å²) >= 11 is 0. The lowest BCUT2D eigenvalue weighted by Gasteiger charge is -2.22. The molecule has 1 heterocycles. The average Bonchev–Trinajstić information content (AvgIpc) is 2.70. The molecule has 0 saturated heterocycles. The van der Waals surface area contributed by atoms with Crippen LogP contribution in [-0.4, -0.2) is 24.2 Å². The van der Waals surface area contributed by atoms with Crippen molar-refractivity contribution >= 4 is 11.7 Å². The van der Waals surface area contributed by atoms with Gasteiger partial charge >= 0.3 is 5.97 Å². The van der Waals surface area contributed by atoms with Gasteiger partial charge in [0.15, 0.2) is 0 Å². The van der Waals surface area contributed by atoms with E-state index in [1.807, 2.05) is 12.1 Å². The second-order valence-corrected chi connectivity index (χ2v) is 5.49. The zero-order valence-electron chi connectivity index (χ0n) is 11.3. The molecule has 1 atom stereocenters. The first-order chi connectivity index (χ1) is 8.50. The summed E-state index contributed by atoms with van der Waals surface area (Å²) in [7, 11) is 0. The predicted octanol–water partition coefficient (Wildman–Crippen LogP) is 2.89. The monoisotopic (exact) mass is 247 g/mol. The maximum absolute atomic E-state index is 11.1. The van der Waals surface area contributed by atoms with Crippen LogP contribution in [0.3, 0.4) is 0 Å². The van der Waals surface area contributed by atoms with Gasteiger partial charge in [-0.2, -0.15) is 0 Å². The minimum absolute atomic E-state index is 0.418. The summed E-state index contributed by atoms with van der Waals surface area (Å²) in [5.41, 5.74) is 3.44. The molecular formula is C15H21NO2. The fourth-order valence-electron chi connectivity index (χ4n) is 2.70. The molecule has 0 bridgehead atoms. The Kier molecular flexibility index (Phi) is 3.60. The Bertz CT molecular complexity index is 454. The molecule has 1 aliphatic heterocycles. The standard InChI is InChI=1S/C15H21NO2/c1-10(2)9-16-8-7-13-12(11(3)15(17)18)5-4-6-14(13)16/h4-6,10-11H,7-9H2,1-3H3,(H,17,18). The van der Waals surface area contributed by atoms with Crippen molar-refractivity contribution in [3.8, 4) is 0 Å². The number of carboxylic acids is 1. The molecule has 1 unspecified atom stereocenters. The summed E-state index contributed by atoms with van der Waals surface area (Å²) < 4.78 is 0. The third-order valence-corrected chi connectivity index (χ3v) is 3.58. The van der Waals surface area contributed by atoms with Crippen LogP contribution in [0.1, 0.15) is 37.8 Å². The lowest BCUT2D eigenvalue weighted by Crippen LogP contribution is -2.25. The lowest BCUT2D eigenvalue weighted by atomic mass is 9.94. The van der Waals surface area contributed by atoms with Crippen molar-refractivity contribution in [3.63, 3.8) is 0 Å². The molecule has 3 nitrogen and oxygen atoms in total. The second-order valence-electron chi connectivity index (χ2n) is 5.49. The zero-order chi connectivity index (χ0) is 13.3. The van der Waals surface area contributed by atoms with Gasteiger partial charge in [0, 0.05) is 18.8 Å². The Morgan fingerprint density at radius 3 is 2.72 bits per heavy atom. The van der Waals surface area contributed by atoms with E-state index < -0.39 is 11.9 Å². The molecule has 18 heavy (non-hydrogen) atoms. The number of aliphatic carboxylic acids is 1. The quantitative estimate of drug-likeness (QED) is 0.889. The molecule has 1 aromatic rings. The molecule has 1 aromatic carbocycles. The van der Waals surface area contributed by atoms with Crippen LogP contribution in [0.4, 0.5) is 5.69 Å². The van der Waals surface area contributed by atoms with E-state index in [9.17, 15) is 4.79 Å². The fraction of sp³-hybridized carbons (Fsp3) is 0.533. The molecule has 0 amide bonds. The number of anilines is 1. The van der Waals surface area contributed by atoms with Crippen molar-refractivity contribution in [1.82, 2.24) is 0 Å². The van der Waals surface area contributed by atoms with Crippen LogP contribution in [-0.2, 0) is 11.2 Å². The molecule has 0 aliphatic carbocycles. The van der Waals surface area contributed by atoms with E-state index in [0.29, 0.717) is 5.92 Å². The van der Waals surface area contributed by atoms with Crippen molar-refractivity contribution < 1.29 is 9.90 Å². The third-order valence-electron chi connectivity index (χ3n) is 3.58. The van der Waals surface area contributed by atoms with Crippen LogP contribution in [0.25, 0.3) is 0 Å². The van der Waals surface area contributed by atoms with Crippen molar-refractivity contribution in [2.75, 3.05) is 18.0 Å². The number of carbonyl (C=O) groups is 1. The highest BCUT2D eigenvalue weighted by Crippen LogP contribution is 2.34. The molecule has 1 N–H and O–H groups in total. The number of hydrogen-bond acceptors (Lipinski definition) is 2. The number of rotatable bonds is 4. The Hall–Kier alpha value is -1.51. The maximum atomic E-state index is 11.1. The highest BCUT2D eigenvalue weighted by molar-refractivity contribution is 5.78. The van der Waals surface area contributed by atoms with Crippen molar-refractivity contribution in [2.24, 2.45) is 5.92 Å². The summed E-state index contributed by atoms with van der Waals surface area (Å²) in [6.07, 6.45) is 0.968. The Labute approximate surface area is 108 Å². The molecule has 1 aliphatic rings. The predicted molar refractivity (Wildman–Crippen MR) is 73.2 cm³/mol. The summed E-state index contributed by atoms with van der Waals surface area (Å²) in [4.78, 5) is 13.5. The summed E-state index contributed by atoms with van der Waals surface area (Å²) in [6.45, 7) is 8.24. The van der Waals surface area contributed by atoms with Crippen molar-refractivity contribution in [2.45, 2.75) is 33.1 Å². The van der Waals surface area contributed by atoms with Crippen LogP contribution >= 0.6 is 0 Å². The Balaban J connectivity index is 2.33. The van der Waals surface area contributed by atoms with Crippen LogP contribution in [0.2, 0.25) is 0 Å². The van der Waals surface area contributed by atoms with Gasteiger partial charge in [-0.25, -0.2) is 0 Å². The first-order valence-electron chi connectivity index (χ1n) is 6.60. The number of fused-ring (bicyclic) bond motifs is 1. The number of benzene rings is 1. The first kappa shape index (κ1) is 12.9. The van der Waals surface area contributed by atoms with E-state index in [0.717, 1.165) is 25.1 Å². The van der Waals surface area contributed by atoms with Crippen LogP contribution in [0, 0.1) is 5.92 Å².